The van der Waals surface area contributed by atoms with Crippen LogP contribution in [0.4, 0.5) is 5.69 Å². The Balaban J connectivity index is 1.76. The Morgan fingerprint density at radius 2 is 1.29 bits per heavy atom. The molecule has 6 aromatic rings. The summed E-state index contributed by atoms with van der Waals surface area (Å²) in [7, 11) is -7.88. The predicted molar refractivity (Wildman–Crippen MR) is 192 cm³/mol. The van der Waals surface area contributed by atoms with Crippen LogP contribution in [0, 0.1) is 13.8 Å². The molecule has 0 spiro atoms. The molecule has 246 valence electrons. The minimum Gasteiger partial charge on any atom is -0.455 e. The normalized spacial score (nSPS) is 14.0. The highest BCUT2D eigenvalue weighted by atomic mass is 32.2. The van der Waals surface area contributed by atoms with Crippen LogP contribution in [0.25, 0.3) is 22.1 Å². The zero-order valence-electron chi connectivity index (χ0n) is 27.4. The average molecular weight is 680 g/mol. The van der Waals surface area contributed by atoms with Crippen LogP contribution >= 0.6 is 8.25 Å². The second-order valence-corrected chi connectivity index (χ2v) is 15.4. The number of hydrogen-bond acceptors (Lipinski definition) is 5. The Hall–Kier alpha value is -4.46. The molecule has 0 fully saturated rings. The molecule has 0 amide bonds. The first-order valence-electron chi connectivity index (χ1n) is 15.6. The molecule has 48 heavy (non-hydrogen) atoms. The van der Waals surface area contributed by atoms with Crippen LogP contribution in [0.3, 0.4) is 0 Å². The smallest absolute Gasteiger partial charge is 0.318 e. The fraction of sp³-hybridized carbons (Fsp3) is 0.179. The number of anilines is 1. The molecule has 2 unspecified atom stereocenters. The molecule has 1 aromatic heterocycles. The van der Waals surface area contributed by atoms with Crippen molar-refractivity contribution in [2.75, 3.05) is 4.72 Å². The molecule has 1 heterocycles. The van der Waals surface area contributed by atoms with E-state index in [4.69, 9.17) is 8.94 Å². The summed E-state index contributed by atoms with van der Waals surface area (Å²) in [5, 5.41) is 0.491. The van der Waals surface area contributed by atoms with Gasteiger partial charge in [-0.05, 0) is 70.8 Å². The summed E-state index contributed by atoms with van der Waals surface area (Å²) in [6, 6.07) is 36.5. The first-order valence-corrected chi connectivity index (χ1v) is 18.4. The fourth-order valence-corrected chi connectivity index (χ4v) is 7.74. The number of rotatable bonds is 9. The van der Waals surface area contributed by atoms with Crippen molar-refractivity contribution in [1.82, 2.24) is 0 Å². The van der Waals surface area contributed by atoms with E-state index in [-0.39, 0.29) is 21.8 Å². The van der Waals surface area contributed by atoms with Gasteiger partial charge in [0.2, 0.25) is 0 Å². The van der Waals surface area contributed by atoms with Gasteiger partial charge in [-0.1, -0.05) is 129 Å². The molecule has 0 saturated carbocycles. The zero-order chi connectivity index (χ0) is 34.3. The topological polar surface area (TPSA) is 106 Å². The molecule has 0 saturated heterocycles. The van der Waals surface area contributed by atoms with Crippen molar-refractivity contribution in [3.8, 4) is 11.1 Å². The van der Waals surface area contributed by atoms with Gasteiger partial charge in [0.1, 0.15) is 11.3 Å². The van der Waals surface area contributed by atoms with Crippen molar-refractivity contribution in [2.45, 2.75) is 50.5 Å². The first-order chi connectivity index (χ1) is 22.8. The van der Waals surface area contributed by atoms with Gasteiger partial charge in [0.05, 0.1) is 10.3 Å². The third-order valence-corrected chi connectivity index (χ3v) is 10.3. The van der Waals surface area contributed by atoms with E-state index in [1.165, 1.54) is 0 Å². The Bertz CT molecular complexity index is 2210. The van der Waals surface area contributed by atoms with Gasteiger partial charge in [-0.2, -0.15) is 0 Å². The van der Waals surface area contributed by atoms with Crippen LogP contribution in [0.15, 0.2) is 131 Å². The Morgan fingerprint density at radius 3 is 1.88 bits per heavy atom. The Morgan fingerprint density at radius 1 is 0.729 bits per heavy atom. The van der Waals surface area contributed by atoms with Gasteiger partial charge in [-0.25, -0.2) is 8.42 Å². The van der Waals surface area contributed by atoms with Crippen molar-refractivity contribution in [1.29, 1.82) is 0 Å². The minimum absolute atomic E-state index is 0.0260. The van der Waals surface area contributed by atoms with E-state index in [2.05, 4.69) is 25.5 Å². The third kappa shape index (κ3) is 6.37. The number of sulfonamides is 1. The molecule has 2 atom stereocenters. The minimum atomic E-state index is -4.20. The summed E-state index contributed by atoms with van der Waals surface area (Å²) in [4.78, 5) is 10.6. The van der Waals surface area contributed by atoms with Crippen LogP contribution in [0.5, 0.6) is 0 Å². The molecule has 5 aromatic carbocycles. The van der Waals surface area contributed by atoms with Crippen LogP contribution in [0.1, 0.15) is 54.3 Å². The largest absolute Gasteiger partial charge is 0.455 e. The number of fused-ring (bicyclic) bond motifs is 1. The second-order valence-electron chi connectivity index (χ2n) is 13.0. The van der Waals surface area contributed by atoms with E-state index in [0.717, 1.165) is 27.8 Å². The van der Waals surface area contributed by atoms with Gasteiger partial charge in [-0.3, -0.25) is 13.8 Å². The molecule has 9 heteroatoms. The molecule has 7 nitrogen and oxygen atoms in total. The Labute approximate surface area is 282 Å². The van der Waals surface area contributed by atoms with E-state index in [0.29, 0.717) is 22.1 Å². The molecule has 2 N–H and O–H groups in total. The van der Waals surface area contributed by atoms with E-state index >= 15 is 0 Å². The van der Waals surface area contributed by atoms with Gasteiger partial charge in [0.15, 0.2) is 11.4 Å². The SMILES string of the molecule is Cc1ccc(S(=O)(=O)Nc2c(C(O[PH](=O)O)(c3ccccc3)c3ccc(C(C)(C)C)cc3)oc3cc(C)cc(-c4ccccc4)c23)cc1. The first kappa shape index (κ1) is 33.4. The number of benzene rings is 5. The summed E-state index contributed by atoms with van der Waals surface area (Å²) in [5.74, 6) is 0.0260. The number of aryl methyl sites for hydroxylation is 2. The molecule has 0 aliphatic rings. The summed E-state index contributed by atoms with van der Waals surface area (Å²) < 4.78 is 57.1. The van der Waals surface area contributed by atoms with E-state index in [1.807, 2.05) is 86.6 Å². The summed E-state index contributed by atoms with van der Waals surface area (Å²) in [6.45, 7) is 10.1. The third-order valence-electron chi connectivity index (χ3n) is 8.49. The van der Waals surface area contributed by atoms with Gasteiger partial charge in [0.25, 0.3) is 10.0 Å². The molecule has 0 radical (unpaired) electrons. The standard InChI is InChI=1S/C39H38NO6PS/c1-26-16-22-32(23-17-26)48(43,44)40-36-35-33(28-12-8-6-9-13-28)24-27(2)25-34(35)45-37(36)39(46-47(41)42,30-14-10-7-11-15-30)31-20-18-29(19-21-31)38(3,4)5/h6-25,40,47H,1-5H3,(H,41,42). The molecule has 6 rings (SSSR count). The van der Waals surface area contributed by atoms with Gasteiger partial charge >= 0.3 is 8.25 Å². The second kappa shape index (κ2) is 12.9. The lowest BCUT2D eigenvalue weighted by molar-refractivity contribution is 0.123. The predicted octanol–water partition coefficient (Wildman–Crippen LogP) is 9.51. The monoisotopic (exact) mass is 679 g/mol. The highest BCUT2D eigenvalue weighted by molar-refractivity contribution is 7.92. The molecular weight excluding hydrogens is 641 g/mol. The Kier molecular flexibility index (Phi) is 8.96. The van der Waals surface area contributed by atoms with Crippen LogP contribution in [0.2, 0.25) is 0 Å². The summed E-state index contributed by atoms with van der Waals surface area (Å²) in [6.07, 6.45) is 0. The molecule has 0 aliphatic carbocycles. The average Bonchev–Trinajstić information content (AvgIpc) is 3.41. The van der Waals surface area contributed by atoms with Crippen LogP contribution < -0.4 is 4.72 Å². The number of hydrogen-bond donors (Lipinski definition) is 2. The maximum atomic E-state index is 14.2. The highest BCUT2D eigenvalue weighted by Gasteiger charge is 2.46. The lowest BCUT2D eigenvalue weighted by Crippen LogP contribution is -2.32. The van der Waals surface area contributed by atoms with E-state index in [1.54, 1.807) is 48.5 Å². The molecular formula is C39H38NO6PS. The number of furan rings is 1. The highest BCUT2D eigenvalue weighted by Crippen LogP contribution is 2.53. The van der Waals surface area contributed by atoms with Gasteiger partial charge in [0, 0.05) is 0 Å². The maximum absolute atomic E-state index is 14.2. The summed E-state index contributed by atoms with van der Waals surface area (Å²) >= 11 is 0. The fourth-order valence-electron chi connectivity index (χ4n) is 6.07. The van der Waals surface area contributed by atoms with Crippen molar-refractivity contribution >= 4 is 34.9 Å². The van der Waals surface area contributed by atoms with E-state index in [9.17, 15) is 17.9 Å². The van der Waals surface area contributed by atoms with Gasteiger partial charge in [-0.15, -0.1) is 0 Å². The van der Waals surface area contributed by atoms with Crippen LogP contribution in [-0.2, 0) is 30.1 Å². The van der Waals surface area contributed by atoms with Crippen LogP contribution in [-0.4, -0.2) is 13.3 Å². The lowest BCUT2D eigenvalue weighted by Gasteiger charge is -2.33. The maximum Gasteiger partial charge on any atom is 0.318 e. The molecule has 0 aliphatic heterocycles. The zero-order valence-corrected chi connectivity index (χ0v) is 29.3. The number of nitrogens with one attached hydrogen (secondary N) is 1. The van der Waals surface area contributed by atoms with E-state index < -0.39 is 23.9 Å². The summed E-state index contributed by atoms with van der Waals surface area (Å²) in [5.41, 5.74) is 3.85. The van der Waals surface area contributed by atoms with Crippen molar-refractivity contribution in [2.24, 2.45) is 0 Å². The van der Waals surface area contributed by atoms with Crippen molar-refractivity contribution < 1.29 is 26.8 Å². The van der Waals surface area contributed by atoms with Crippen molar-refractivity contribution in [3.05, 3.63) is 155 Å². The van der Waals surface area contributed by atoms with Crippen molar-refractivity contribution in [3.63, 3.8) is 0 Å². The molecule has 0 bridgehead atoms. The lowest BCUT2D eigenvalue weighted by atomic mass is 9.80. The van der Waals surface area contributed by atoms with Gasteiger partial charge < -0.3 is 9.31 Å². The quantitative estimate of drug-likeness (QED) is 0.148.